The Morgan fingerprint density at radius 3 is 2.11 bits per heavy atom. The van der Waals surface area contributed by atoms with Gasteiger partial charge in [-0.15, -0.1) is 0 Å². The minimum Gasteiger partial charge on any atom is -0.488 e. The maximum Gasteiger partial charge on any atom is 0.159 e. The predicted octanol–water partition coefficient (Wildman–Crippen LogP) is 3.58. The summed E-state index contributed by atoms with van der Waals surface area (Å²) in [7, 11) is -3.17. The maximum atomic E-state index is 12.2. The van der Waals surface area contributed by atoms with E-state index in [0.29, 0.717) is 5.75 Å². The van der Waals surface area contributed by atoms with Crippen molar-refractivity contribution in [3.8, 4) is 5.75 Å². The molecule has 108 valence electrons. The summed E-state index contributed by atoms with van der Waals surface area (Å²) in [6.07, 6.45) is 0. The van der Waals surface area contributed by atoms with Gasteiger partial charge >= 0.3 is 0 Å². The monoisotopic (exact) mass is 284 g/mol. The van der Waals surface area contributed by atoms with E-state index in [1.807, 2.05) is 39.0 Å². The molecule has 0 aliphatic rings. The van der Waals surface area contributed by atoms with Crippen molar-refractivity contribution in [2.45, 2.75) is 57.6 Å². The predicted molar refractivity (Wildman–Crippen MR) is 79.2 cm³/mol. The number of hydrogen-bond donors (Lipinski definition) is 0. The summed E-state index contributed by atoms with van der Waals surface area (Å²) in [5.74, 6) is 0.742. The van der Waals surface area contributed by atoms with Crippen LogP contribution in [0.3, 0.4) is 0 Å². The first kappa shape index (κ1) is 16.0. The Morgan fingerprint density at radius 2 is 1.63 bits per heavy atom. The highest BCUT2D eigenvalue weighted by Gasteiger charge is 2.29. The molecule has 0 aliphatic carbocycles. The number of hydrogen-bond acceptors (Lipinski definition) is 3. The Hall–Kier alpha value is -1.03. The minimum atomic E-state index is -3.17. The summed E-state index contributed by atoms with van der Waals surface area (Å²) in [6, 6.07) is 7.29. The molecule has 0 N–H and O–H groups in total. The Balaban J connectivity index is 2.96. The Kier molecular flexibility index (Phi) is 4.35. The van der Waals surface area contributed by atoms with Crippen molar-refractivity contribution >= 4 is 9.84 Å². The van der Waals surface area contributed by atoms with Gasteiger partial charge in [0, 0.05) is 0 Å². The van der Waals surface area contributed by atoms with Crippen LogP contribution in [-0.2, 0) is 15.6 Å². The lowest BCUT2D eigenvalue weighted by atomic mass is 10.2. The number of rotatable bonds is 3. The lowest BCUT2D eigenvalue weighted by molar-refractivity contribution is 0.131. The number of sulfone groups is 1. The fraction of sp³-hybridized carbons (Fsp3) is 0.600. The van der Waals surface area contributed by atoms with E-state index in [1.165, 1.54) is 0 Å². The van der Waals surface area contributed by atoms with Gasteiger partial charge in [-0.3, -0.25) is 0 Å². The topological polar surface area (TPSA) is 43.4 Å². The van der Waals surface area contributed by atoms with Crippen LogP contribution in [0.1, 0.15) is 47.1 Å². The quantitative estimate of drug-likeness (QED) is 0.852. The van der Waals surface area contributed by atoms with Gasteiger partial charge < -0.3 is 4.74 Å². The molecule has 0 spiro atoms. The van der Waals surface area contributed by atoms with Gasteiger partial charge in [-0.25, -0.2) is 8.42 Å². The normalized spacial score (nSPS) is 13.4. The van der Waals surface area contributed by atoms with Gasteiger partial charge in [0.1, 0.15) is 11.4 Å². The van der Waals surface area contributed by atoms with E-state index in [9.17, 15) is 8.42 Å². The van der Waals surface area contributed by atoms with Crippen LogP contribution in [-0.4, -0.2) is 18.8 Å². The Labute approximate surface area is 116 Å². The molecule has 1 aromatic rings. The smallest absolute Gasteiger partial charge is 0.159 e. The lowest BCUT2D eigenvalue weighted by Gasteiger charge is -2.22. The highest BCUT2D eigenvalue weighted by molar-refractivity contribution is 7.91. The first-order valence-corrected chi connectivity index (χ1v) is 8.06. The molecule has 0 bridgehead atoms. The van der Waals surface area contributed by atoms with E-state index in [-0.39, 0.29) is 11.4 Å². The van der Waals surface area contributed by atoms with Gasteiger partial charge in [0.15, 0.2) is 9.84 Å². The van der Waals surface area contributed by atoms with Gasteiger partial charge in [-0.2, -0.15) is 0 Å². The van der Waals surface area contributed by atoms with Crippen molar-refractivity contribution in [2.24, 2.45) is 0 Å². The molecule has 0 atom stereocenters. The molecule has 3 nitrogen and oxygen atoms in total. The molecule has 0 amide bonds. The summed E-state index contributed by atoms with van der Waals surface area (Å²) in [4.78, 5) is 0. The molecular weight excluding hydrogens is 260 g/mol. The second-order valence-corrected chi connectivity index (χ2v) is 9.48. The standard InChI is InChI=1S/C15H24O3S/c1-14(2,3)18-13-9-7-8-12(10-13)11-19(16,17)15(4,5)6/h7-10H,11H2,1-6H3. The van der Waals surface area contributed by atoms with E-state index in [2.05, 4.69) is 0 Å². The van der Waals surface area contributed by atoms with E-state index in [4.69, 9.17) is 4.74 Å². The van der Waals surface area contributed by atoms with Crippen LogP contribution in [0.5, 0.6) is 5.75 Å². The van der Waals surface area contributed by atoms with E-state index in [0.717, 1.165) is 5.56 Å². The molecule has 4 heteroatoms. The van der Waals surface area contributed by atoms with Gasteiger partial charge in [0.2, 0.25) is 0 Å². The van der Waals surface area contributed by atoms with Crippen LogP contribution in [0.2, 0.25) is 0 Å². The molecule has 0 aromatic heterocycles. The summed E-state index contributed by atoms with van der Waals surface area (Å²) in [6.45, 7) is 11.1. The zero-order chi connectivity index (χ0) is 14.9. The van der Waals surface area contributed by atoms with Crippen LogP contribution in [0.4, 0.5) is 0 Å². The van der Waals surface area contributed by atoms with Gasteiger partial charge in [0.05, 0.1) is 10.5 Å². The second-order valence-electron chi connectivity index (χ2n) is 6.73. The number of benzene rings is 1. The molecular formula is C15H24O3S. The molecule has 0 saturated heterocycles. The zero-order valence-electron chi connectivity index (χ0n) is 12.6. The SMILES string of the molecule is CC(C)(C)Oc1cccc(CS(=O)(=O)C(C)(C)C)c1. The highest BCUT2D eigenvalue weighted by Crippen LogP contribution is 2.24. The van der Waals surface area contributed by atoms with Crippen LogP contribution < -0.4 is 4.74 Å². The van der Waals surface area contributed by atoms with Crippen LogP contribution in [0.15, 0.2) is 24.3 Å². The molecule has 0 aliphatic heterocycles. The van der Waals surface area contributed by atoms with Crippen LogP contribution >= 0.6 is 0 Å². The Morgan fingerprint density at radius 1 is 1.05 bits per heavy atom. The molecule has 0 radical (unpaired) electrons. The third-order valence-electron chi connectivity index (χ3n) is 2.61. The van der Waals surface area contributed by atoms with E-state index in [1.54, 1.807) is 26.8 Å². The summed E-state index contributed by atoms with van der Waals surface area (Å²) in [5, 5.41) is 0. The second kappa shape index (κ2) is 5.16. The van der Waals surface area contributed by atoms with Gasteiger partial charge in [-0.05, 0) is 59.2 Å². The van der Waals surface area contributed by atoms with Crippen molar-refractivity contribution in [2.75, 3.05) is 0 Å². The molecule has 0 fully saturated rings. The molecule has 0 saturated carbocycles. The van der Waals surface area contributed by atoms with Crippen molar-refractivity contribution in [1.82, 2.24) is 0 Å². The first-order chi connectivity index (χ1) is 8.41. The average molecular weight is 284 g/mol. The summed E-state index contributed by atoms with van der Waals surface area (Å²) >= 11 is 0. The number of ether oxygens (including phenoxy) is 1. The largest absolute Gasteiger partial charge is 0.488 e. The maximum absolute atomic E-state index is 12.2. The van der Waals surface area contributed by atoms with Gasteiger partial charge in [0.25, 0.3) is 0 Å². The van der Waals surface area contributed by atoms with Crippen LogP contribution in [0.25, 0.3) is 0 Å². The van der Waals surface area contributed by atoms with E-state index < -0.39 is 14.6 Å². The fourth-order valence-electron chi connectivity index (χ4n) is 1.49. The van der Waals surface area contributed by atoms with Crippen molar-refractivity contribution < 1.29 is 13.2 Å². The third kappa shape index (κ3) is 4.86. The minimum absolute atomic E-state index is 0.0395. The van der Waals surface area contributed by atoms with E-state index >= 15 is 0 Å². The van der Waals surface area contributed by atoms with Crippen LogP contribution in [0, 0.1) is 0 Å². The first-order valence-electron chi connectivity index (χ1n) is 6.41. The molecule has 1 aromatic carbocycles. The third-order valence-corrected chi connectivity index (χ3v) is 5.19. The van der Waals surface area contributed by atoms with Gasteiger partial charge in [-0.1, -0.05) is 12.1 Å². The van der Waals surface area contributed by atoms with Crippen molar-refractivity contribution in [1.29, 1.82) is 0 Å². The molecule has 19 heavy (non-hydrogen) atoms. The highest BCUT2D eigenvalue weighted by atomic mass is 32.2. The zero-order valence-corrected chi connectivity index (χ0v) is 13.5. The molecule has 1 rings (SSSR count). The summed E-state index contributed by atoms with van der Waals surface area (Å²) < 4.78 is 29.4. The fourth-order valence-corrected chi connectivity index (χ4v) is 2.54. The summed E-state index contributed by atoms with van der Waals surface area (Å²) in [5.41, 5.74) is 0.471. The van der Waals surface area contributed by atoms with Crippen molar-refractivity contribution in [3.05, 3.63) is 29.8 Å². The molecule has 0 heterocycles. The Bertz CT molecular complexity index is 531. The van der Waals surface area contributed by atoms with Crippen molar-refractivity contribution in [3.63, 3.8) is 0 Å². The molecule has 0 unspecified atom stereocenters. The lowest BCUT2D eigenvalue weighted by Crippen LogP contribution is -2.29. The average Bonchev–Trinajstić information content (AvgIpc) is 2.12.